The Morgan fingerprint density at radius 3 is 2.57 bits per heavy atom. The van der Waals surface area contributed by atoms with Gasteiger partial charge in [-0.25, -0.2) is 4.21 Å². The monoisotopic (exact) mass is 279 g/mol. The van der Waals surface area contributed by atoms with Crippen molar-refractivity contribution in [1.82, 2.24) is 9.78 Å². The molecule has 7 heteroatoms. The van der Waals surface area contributed by atoms with Crippen molar-refractivity contribution in [3.63, 3.8) is 0 Å². The molecule has 5 nitrogen and oxygen atoms in total. The summed E-state index contributed by atoms with van der Waals surface area (Å²) in [5.74, 6) is -0.514. The molecule has 0 aliphatic rings. The second kappa shape index (κ2) is 3.82. The van der Waals surface area contributed by atoms with E-state index in [9.17, 15) is 9.00 Å². The van der Waals surface area contributed by atoms with Gasteiger partial charge in [0, 0.05) is 29.3 Å². The fourth-order valence-corrected chi connectivity index (χ4v) is 1.68. The number of hydrogen-bond donors (Lipinski definition) is 0. The van der Waals surface area contributed by atoms with E-state index in [4.69, 9.17) is 0 Å². The van der Waals surface area contributed by atoms with Crippen LogP contribution in [0.25, 0.3) is 0 Å². The van der Waals surface area contributed by atoms with E-state index >= 15 is 0 Å². The van der Waals surface area contributed by atoms with Crippen LogP contribution < -0.4 is 0 Å². The molecule has 0 unspecified atom stereocenters. The summed E-state index contributed by atoms with van der Waals surface area (Å²) in [6, 6.07) is 0. The molecule has 0 atom stereocenters. The molecule has 14 heavy (non-hydrogen) atoms. The minimum atomic E-state index is -2.41. The number of hydrogen-bond acceptors (Lipinski definition) is 3. The maximum atomic E-state index is 11.5. The Hall–Kier alpha value is -0.690. The van der Waals surface area contributed by atoms with E-state index in [2.05, 4.69) is 25.4 Å². The van der Waals surface area contributed by atoms with Crippen LogP contribution >= 0.6 is 15.9 Å². The standard InChI is InChI=1S/C7H10BrN3O2S/c1-11-6(8)5(4-9-11)7(12)10-14(2,3)13/h4H,1-3H3. The lowest BCUT2D eigenvalue weighted by Crippen LogP contribution is -2.01. The first-order chi connectivity index (χ1) is 6.31. The van der Waals surface area contributed by atoms with Crippen LogP contribution in [0.2, 0.25) is 0 Å². The molecule has 0 bridgehead atoms. The summed E-state index contributed by atoms with van der Waals surface area (Å²) >= 11 is 3.19. The highest BCUT2D eigenvalue weighted by Crippen LogP contribution is 2.16. The second-order valence-electron chi connectivity index (χ2n) is 3.05. The van der Waals surface area contributed by atoms with Gasteiger partial charge in [-0.05, 0) is 15.9 Å². The van der Waals surface area contributed by atoms with E-state index in [1.54, 1.807) is 7.05 Å². The van der Waals surface area contributed by atoms with Gasteiger partial charge in [0.25, 0.3) is 5.91 Å². The van der Waals surface area contributed by atoms with Crippen LogP contribution in [0.4, 0.5) is 0 Å². The van der Waals surface area contributed by atoms with Gasteiger partial charge >= 0.3 is 0 Å². The Balaban J connectivity index is 3.15. The van der Waals surface area contributed by atoms with Crippen LogP contribution in [-0.4, -0.2) is 32.4 Å². The molecule has 0 radical (unpaired) electrons. The third kappa shape index (κ3) is 2.65. The Morgan fingerprint density at radius 2 is 2.21 bits per heavy atom. The molecule has 0 N–H and O–H groups in total. The summed E-state index contributed by atoms with van der Waals surface area (Å²) in [6.07, 6.45) is 4.21. The zero-order chi connectivity index (χ0) is 10.9. The summed E-state index contributed by atoms with van der Waals surface area (Å²) in [5.41, 5.74) is 0.323. The molecule has 1 heterocycles. The molecule has 0 saturated heterocycles. The van der Waals surface area contributed by atoms with Gasteiger partial charge in [0.1, 0.15) is 4.60 Å². The molecule has 1 aromatic heterocycles. The topological polar surface area (TPSA) is 64.3 Å². The van der Waals surface area contributed by atoms with Crippen LogP contribution in [0, 0.1) is 0 Å². The average molecular weight is 280 g/mol. The van der Waals surface area contributed by atoms with E-state index in [1.807, 2.05) is 0 Å². The number of aromatic nitrogens is 2. The number of rotatable bonds is 1. The number of nitrogens with zero attached hydrogens (tertiary/aromatic N) is 3. The molecular weight excluding hydrogens is 270 g/mol. The number of halogens is 1. The average Bonchev–Trinajstić information content (AvgIpc) is 2.29. The summed E-state index contributed by atoms with van der Waals surface area (Å²) in [6.45, 7) is 0. The van der Waals surface area contributed by atoms with Crippen LogP contribution in [0.1, 0.15) is 10.4 Å². The molecule has 0 saturated carbocycles. The predicted octanol–water partition coefficient (Wildman–Crippen LogP) is 1.05. The largest absolute Gasteiger partial charge is 0.289 e. The second-order valence-corrected chi connectivity index (χ2v) is 6.35. The normalized spacial score (nSPS) is 11.4. The quantitative estimate of drug-likeness (QED) is 0.772. The Morgan fingerprint density at radius 1 is 1.64 bits per heavy atom. The summed E-state index contributed by atoms with van der Waals surface area (Å²) in [5, 5.41) is 3.86. The fourth-order valence-electron chi connectivity index (χ4n) is 0.815. The lowest BCUT2D eigenvalue weighted by atomic mass is 10.3. The minimum absolute atomic E-state index is 0.323. The molecule has 0 aromatic carbocycles. The van der Waals surface area contributed by atoms with Gasteiger partial charge in [0.15, 0.2) is 0 Å². The minimum Gasteiger partial charge on any atom is -0.266 e. The van der Waals surface area contributed by atoms with Gasteiger partial charge in [-0.3, -0.25) is 9.48 Å². The zero-order valence-electron chi connectivity index (χ0n) is 8.02. The summed E-state index contributed by atoms with van der Waals surface area (Å²) < 4.78 is 16.9. The highest BCUT2D eigenvalue weighted by molar-refractivity contribution is 9.10. The third-order valence-electron chi connectivity index (χ3n) is 1.40. The van der Waals surface area contributed by atoms with E-state index in [0.29, 0.717) is 10.2 Å². The van der Waals surface area contributed by atoms with Crippen molar-refractivity contribution in [2.75, 3.05) is 12.5 Å². The number of carbonyl (C=O) groups excluding carboxylic acids is 1. The van der Waals surface area contributed by atoms with Crippen molar-refractivity contribution >= 4 is 31.6 Å². The van der Waals surface area contributed by atoms with Gasteiger partial charge in [0.2, 0.25) is 0 Å². The third-order valence-corrected chi connectivity index (χ3v) is 2.95. The molecule has 0 spiro atoms. The first-order valence-corrected chi connectivity index (χ1v) is 6.82. The number of carbonyl (C=O) groups is 1. The van der Waals surface area contributed by atoms with E-state index < -0.39 is 15.6 Å². The number of amides is 1. The lowest BCUT2D eigenvalue weighted by Gasteiger charge is -1.95. The van der Waals surface area contributed by atoms with Gasteiger partial charge in [-0.15, -0.1) is 0 Å². The number of aryl methyl sites for hydroxylation is 1. The molecule has 0 aliphatic heterocycles. The predicted molar refractivity (Wildman–Crippen MR) is 57.7 cm³/mol. The van der Waals surface area contributed by atoms with Gasteiger partial charge < -0.3 is 0 Å². The lowest BCUT2D eigenvalue weighted by molar-refractivity contribution is 0.100. The van der Waals surface area contributed by atoms with Crippen molar-refractivity contribution in [1.29, 1.82) is 0 Å². The smallest absolute Gasteiger partial charge is 0.266 e. The highest BCUT2D eigenvalue weighted by atomic mass is 79.9. The van der Waals surface area contributed by atoms with Crippen LogP contribution in [0.5, 0.6) is 0 Å². The first-order valence-electron chi connectivity index (χ1n) is 3.70. The van der Waals surface area contributed by atoms with Crippen LogP contribution in [0.3, 0.4) is 0 Å². The first kappa shape index (κ1) is 11.4. The zero-order valence-corrected chi connectivity index (χ0v) is 10.4. The van der Waals surface area contributed by atoms with E-state index in [0.717, 1.165) is 0 Å². The summed E-state index contributed by atoms with van der Waals surface area (Å²) in [4.78, 5) is 11.5. The van der Waals surface area contributed by atoms with E-state index in [-0.39, 0.29) is 0 Å². The maximum absolute atomic E-state index is 11.5. The molecule has 1 amide bonds. The van der Waals surface area contributed by atoms with Gasteiger partial charge in [-0.1, -0.05) is 0 Å². The van der Waals surface area contributed by atoms with Crippen molar-refractivity contribution in [3.05, 3.63) is 16.4 Å². The Labute approximate surface area is 90.8 Å². The highest BCUT2D eigenvalue weighted by Gasteiger charge is 2.13. The summed E-state index contributed by atoms with van der Waals surface area (Å²) in [7, 11) is -0.721. The van der Waals surface area contributed by atoms with Crippen molar-refractivity contribution in [3.8, 4) is 0 Å². The van der Waals surface area contributed by atoms with Gasteiger partial charge in [0.05, 0.1) is 11.8 Å². The Bertz CT molecular complexity index is 477. The SMILES string of the molecule is Cn1ncc(C(=O)N=S(C)(C)=O)c1Br. The van der Waals surface area contributed by atoms with Gasteiger partial charge in [-0.2, -0.15) is 9.46 Å². The molecule has 1 aromatic rings. The van der Waals surface area contributed by atoms with Crippen molar-refractivity contribution in [2.45, 2.75) is 0 Å². The van der Waals surface area contributed by atoms with Crippen molar-refractivity contribution < 1.29 is 9.00 Å². The fraction of sp³-hybridized carbons (Fsp3) is 0.429. The Kier molecular flexibility index (Phi) is 3.10. The molecule has 78 valence electrons. The van der Waals surface area contributed by atoms with E-state index in [1.165, 1.54) is 23.4 Å². The van der Waals surface area contributed by atoms with Crippen LogP contribution in [-0.2, 0) is 16.8 Å². The van der Waals surface area contributed by atoms with Crippen LogP contribution in [0.15, 0.2) is 15.2 Å². The molecule has 0 fully saturated rings. The molecule has 1 rings (SSSR count). The molecular formula is C7H10BrN3O2S. The van der Waals surface area contributed by atoms with Crippen molar-refractivity contribution in [2.24, 2.45) is 11.4 Å². The maximum Gasteiger partial charge on any atom is 0.289 e. The molecule has 0 aliphatic carbocycles.